The van der Waals surface area contributed by atoms with E-state index in [0.29, 0.717) is 31.6 Å². The molecule has 0 unspecified atom stereocenters. The lowest BCUT2D eigenvalue weighted by atomic mass is 10.1. The third kappa shape index (κ3) is 5.81. The van der Waals surface area contributed by atoms with Crippen LogP contribution in [0.3, 0.4) is 0 Å². The van der Waals surface area contributed by atoms with Crippen LogP contribution in [0, 0.1) is 0 Å². The van der Waals surface area contributed by atoms with Gasteiger partial charge in [-0.2, -0.15) is 4.31 Å². The van der Waals surface area contributed by atoms with Crippen LogP contribution in [0.2, 0.25) is 0 Å². The van der Waals surface area contributed by atoms with Crippen LogP contribution in [-0.4, -0.2) is 38.8 Å². The molecule has 0 saturated carbocycles. The molecule has 156 valence electrons. The SMILES string of the molecule is COc1ccc(CCC(=O)Nc2ccc(S(=O)(=O)N3CCCCCC3)cc2)cc1. The number of sulfonamides is 1. The molecule has 1 amide bonds. The number of nitrogens with one attached hydrogen (secondary N) is 1. The van der Waals surface area contributed by atoms with E-state index in [9.17, 15) is 13.2 Å². The summed E-state index contributed by atoms with van der Waals surface area (Å²) in [5, 5.41) is 2.83. The number of ether oxygens (including phenoxy) is 1. The van der Waals surface area contributed by atoms with Crippen molar-refractivity contribution >= 4 is 21.6 Å². The second-order valence-electron chi connectivity index (χ2n) is 7.24. The Labute approximate surface area is 172 Å². The first-order valence-electron chi connectivity index (χ1n) is 10.0. The highest BCUT2D eigenvalue weighted by molar-refractivity contribution is 7.89. The Morgan fingerprint density at radius 3 is 2.17 bits per heavy atom. The number of hydrogen-bond donors (Lipinski definition) is 1. The lowest BCUT2D eigenvalue weighted by Gasteiger charge is -2.20. The number of nitrogens with zero attached hydrogens (tertiary/aromatic N) is 1. The largest absolute Gasteiger partial charge is 0.497 e. The molecule has 1 fully saturated rings. The van der Waals surface area contributed by atoms with E-state index in [1.54, 1.807) is 35.7 Å². The molecule has 0 aromatic heterocycles. The van der Waals surface area contributed by atoms with Crippen molar-refractivity contribution in [2.75, 3.05) is 25.5 Å². The van der Waals surface area contributed by atoms with Gasteiger partial charge in [-0.3, -0.25) is 4.79 Å². The molecular weight excluding hydrogens is 388 g/mol. The number of carbonyl (C=O) groups excluding carboxylic acids is 1. The van der Waals surface area contributed by atoms with Gasteiger partial charge in [-0.25, -0.2) is 8.42 Å². The number of methoxy groups -OCH3 is 1. The number of benzene rings is 2. The van der Waals surface area contributed by atoms with Gasteiger partial charge in [0, 0.05) is 25.2 Å². The van der Waals surface area contributed by atoms with Gasteiger partial charge in [0.05, 0.1) is 12.0 Å². The Kier molecular flexibility index (Phi) is 7.28. The van der Waals surface area contributed by atoms with E-state index in [4.69, 9.17) is 4.74 Å². The summed E-state index contributed by atoms with van der Waals surface area (Å²) in [4.78, 5) is 12.5. The first-order valence-corrected chi connectivity index (χ1v) is 11.5. The Bertz CT molecular complexity index is 901. The molecule has 1 aliphatic rings. The highest BCUT2D eigenvalue weighted by Crippen LogP contribution is 2.22. The van der Waals surface area contributed by atoms with Crippen LogP contribution in [0.4, 0.5) is 5.69 Å². The molecule has 0 bridgehead atoms. The standard InChI is InChI=1S/C22H28N2O4S/c1-28-20-11-6-18(7-12-20)8-15-22(25)23-19-9-13-21(14-10-19)29(26,27)24-16-4-2-3-5-17-24/h6-7,9-14H,2-5,8,15-17H2,1H3,(H,23,25). The van der Waals surface area contributed by atoms with Gasteiger partial charge < -0.3 is 10.1 Å². The van der Waals surface area contributed by atoms with E-state index in [1.807, 2.05) is 24.3 Å². The zero-order valence-corrected chi connectivity index (χ0v) is 17.6. The van der Waals surface area contributed by atoms with E-state index >= 15 is 0 Å². The maximum Gasteiger partial charge on any atom is 0.243 e. The molecule has 1 heterocycles. The fourth-order valence-corrected chi connectivity index (χ4v) is 4.93. The number of anilines is 1. The molecule has 1 saturated heterocycles. The summed E-state index contributed by atoms with van der Waals surface area (Å²) in [5.74, 6) is 0.678. The average Bonchev–Trinajstić information content (AvgIpc) is 3.03. The molecule has 3 rings (SSSR count). The molecule has 2 aromatic rings. The minimum absolute atomic E-state index is 0.107. The maximum atomic E-state index is 12.8. The summed E-state index contributed by atoms with van der Waals surface area (Å²) >= 11 is 0. The van der Waals surface area contributed by atoms with Crippen LogP contribution in [-0.2, 0) is 21.2 Å². The Balaban J connectivity index is 1.55. The molecule has 0 radical (unpaired) electrons. The normalized spacial score (nSPS) is 15.5. The molecule has 1 N–H and O–H groups in total. The third-order valence-corrected chi connectivity index (χ3v) is 7.05. The second kappa shape index (κ2) is 9.89. The second-order valence-corrected chi connectivity index (χ2v) is 9.18. The van der Waals surface area contributed by atoms with Crippen molar-refractivity contribution in [1.29, 1.82) is 0 Å². The first kappa shape index (κ1) is 21.3. The Hall–Kier alpha value is -2.38. The van der Waals surface area contributed by atoms with Crippen LogP contribution in [0.15, 0.2) is 53.4 Å². The van der Waals surface area contributed by atoms with E-state index in [2.05, 4.69) is 5.32 Å². The van der Waals surface area contributed by atoms with Gasteiger partial charge in [0.1, 0.15) is 5.75 Å². The molecular formula is C22H28N2O4S. The molecule has 2 aromatic carbocycles. The average molecular weight is 417 g/mol. The summed E-state index contributed by atoms with van der Waals surface area (Å²) in [7, 11) is -1.85. The third-order valence-electron chi connectivity index (χ3n) is 5.14. The van der Waals surface area contributed by atoms with Gasteiger partial charge in [-0.05, 0) is 61.2 Å². The van der Waals surface area contributed by atoms with E-state index in [0.717, 1.165) is 37.0 Å². The monoisotopic (exact) mass is 416 g/mol. The van der Waals surface area contributed by atoms with Gasteiger partial charge in [-0.1, -0.05) is 25.0 Å². The summed E-state index contributed by atoms with van der Waals surface area (Å²) in [5.41, 5.74) is 1.65. The van der Waals surface area contributed by atoms with Crippen LogP contribution in [0.1, 0.15) is 37.7 Å². The van der Waals surface area contributed by atoms with Gasteiger partial charge in [0.25, 0.3) is 0 Å². The van der Waals surface area contributed by atoms with Crippen LogP contribution in [0.5, 0.6) is 5.75 Å². The molecule has 1 aliphatic heterocycles. The van der Waals surface area contributed by atoms with Crippen molar-refractivity contribution in [2.24, 2.45) is 0 Å². The van der Waals surface area contributed by atoms with Crippen LogP contribution >= 0.6 is 0 Å². The summed E-state index contributed by atoms with van der Waals surface area (Å²) in [6.07, 6.45) is 4.93. The van der Waals surface area contributed by atoms with E-state index in [1.165, 1.54) is 0 Å². The fourth-order valence-electron chi connectivity index (χ4n) is 3.41. The van der Waals surface area contributed by atoms with Crippen molar-refractivity contribution in [3.8, 4) is 5.75 Å². The lowest BCUT2D eigenvalue weighted by molar-refractivity contribution is -0.116. The molecule has 29 heavy (non-hydrogen) atoms. The zero-order valence-electron chi connectivity index (χ0n) is 16.8. The number of amides is 1. The van der Waals surface area contributed by atoms with Crippen LogP contribution in [0.25, 0.3) is 0 Å². The summed E-state index contributed by atoms with van der Waals surface area (Å²) in [6, 6.07) is 14.1. The number of rotatable bonds is 7. The van der Waals surface area contributed by atoms with E-state index in [-0.39, 0.29) is 10.8 Å². The van der Waals surface area contributed by atoms with Gasteiger partial charge in [-0.15, -0.1) is 0 Å². The van der Waals surface area contributed by atoms with Crippen molar-refractivity contribution in [3.63, 3.8) is 0 Å². The van der Waals surface area contributed by atoms with Gasteiger partial charge in [0.15, 0.2) is 0 Å². The van der Waals surface area contributed by atoms with Crippen molar-refractivity contribution in [1.82, 2.24) is 4.31 Å². The first-order chi connectivity index (χ1) is 14.0. The number of carbonyl (C=O) groups is 1. The zero-order chi connectivity index (χ0) is 20.7. The minimum atomic E-state index is -3.47. The van der Waals surface area contributed by atoms with Gasteiger partial charge in [0.2, 0.25) is 15.9 Å². The highest BCUT2D eigenvalue weighted by atomic mass is 32.2. The fraction of sp³-hybridized carbons (Fsp3) is 0.409. The molecule has 0 spiro atoms. The van der Waals surface area contributed by atoms with Crippen molar-refractivity contribution in [3.05, 3.63) is 54.1 Å². The number of hydrogen-bond acceptors (Lipinski definition) is 4. The Morgan fingerprint density at radius 1 is 0.966 bits per heavy atom. The predicted molar refractivity (Wildman–Crippen MR) is 114 cm³/mol. The predicted octanol–water partition coefficient (Wildman–Crippen LogP) is 3.83. The highest BCUT2D eigenvalue weighted by Gasteiger charge is 2.24. The van der Waals surface area contributed by atoms with Crippen LogP contribution < -0.4 is 10.1 Å². The lowest BCUT2D eigenvalue weighted by Crippen LogP contribution is -2.31. The molecule has 0 atom stereocenters. The summed E-state index contributed by atoms with van der Waals surface area (Å²) in [6.45, 7) is 1.15. The topological polar surface area (TPSA) is 75.7 Å². The Morgan fingerprint density at radius 2 is 1.59 bits per heavy atom. The molecule has 7 heteroatoms. The van der Waals surface area contributed by atoms with Crippen molar-refractivity contribution < 1.29 is 17.9 Å². The molecule has 0 aliphatic carbocycles. The maximum absolute atomic E-state index is 12.8. The van der Waals surface area contributed by atoms with Crippen molar-refractivity contribution in [2.45, 2.75) is 43.4 Å². The quantitative estimate of drug-likeness (QED) is 0.744. The smallest absolute Gasteiger partial charge is 0.243 e. The summed E-state index contributed by atoms with van der Waals surface area (Å²) < 4.78 is 32.3. The van der Waals surface area contributed by atoms with E-state index < -0.39 is 10.0 Å². The molecule has 6 nitrogen and oxygen atoms in total. The number of aryl methyl sites for hydroxylation is 1. The van der Waals surface area contributed by atoms with Gasteiger partial charge >= 0.3 is 0 Å². The minimum Gasteiger partial charge on any atom is -0.497 e.